The fourth-order valence-electron chi connectivity index (χ4n) is 1.60. The molecule has 2 aromatic carbocycles. The lowest BCUT2D eigenvalue weighted by Gasteiger charge is -2.05. The van der Waals surface area contributed by atoms with Crippen LogP contribution in [0.4, 0.5) is 0 Å². The van der Waals surface area contributed by atoms with Crippen molar-refractivity contribution >= 4 is 5.97 Å². The molecular weight excluding hydrogens is 228 g/mol. The maximum atomic E-state index is 11.8. The summed E-state index contributed by atoms with van der Waals surface area (Å²) in [6.07, 6.45) is 0. The van der Waals surface area contributed by atoms with Crippen molar-refractivity contribution in [1.29, 1.82) is 0 Å². The summed E-state index contributed by atoms with van der Waals surface area (Å²) in [4.78, 5) is 11.8. The molecule has 0 aliphatic rings. The Morgan fingerprint density at radius 3 is 2.44 bits per heavy atom. The normalized spacial score (nSPS) is 10.1. The van der Waals surface area contributed by atoms with Gasteiger partial charge in [-0.05, 0) is 23.3 Å². The Morgan fingerprint density at radius 2 is 1.72 bits per heavy atom. The van der Waals surface area contributed by atoms with Crippen molar-refractivity contribution < 1.29 is 14.6 Å². The first kappa shape index (κ1) is 12.3. The maximum Gasteiger partial charge on any atom is 0.338 e. The SMILES string of the molecule is O=C(OCc1ccccc1)c1cccc(CO)c1. The van der Waals surface area contributed by atoms with Crippen molar-refractivity contribution in [2.45, 2.75) is 13.2 Å². The first-order valence-corrected chi connectivity index (χ1v) is 5.70. The van der Waals surface area contributed by atoms with Gasteiger partial charge in [0.1, 0.15) is 6.61 Å². The molecule has 3 heteroatoms. The van der Waals surface area contributed by atoms with Gasteiger partial charge in [-0.15, -0.1) is 0 Å². The molecular formula is C15H14O3. The lowest BCUT2D eigenvalue weighted by atomic mass is 10.1. The Labute approximate surface area is 106 Å². The molecule has 0 radical (unpaired) electrons. The van der Waals surface area contributed by atoms with Crippen molar-refractivity contribution in [1.82, 2.24) is 0 Å². The van der Waals surface area contributed by atoms with Crippen molar-refractivity contribution in [3.05, 3.63) is 71.3 Å². The van der Waals surface area contributed by atoms with Crippen molar-refractivity contribution in [2.24, 2.45) is 0 Å². The molecule has 0 aliphatic carbocycles. The first-order chi connectivity index (χ1) is 8.79. The van der Waals surface area contributed by atoms with E-state index in [1.807, 2.05) is 30.3 Å². The summed E-state index contributed by atoms with van der Waals surface area (Å²) < 4.78 is 5.19. The Bertz CT molecular complexity index is 520. The molecule has 1 N–H and O–H groups in total. The number of ether oxygens (including phenoxy) is 1. The third-order valence-electron chi connectivity index (χ3n) is 2.56. The molecule has 2 rings (SSSR count). The van der Waals surface area contributed by atoms with Crippen molar-refractivity contribution in [3.63, 3.8) is 0 Å². The van der Waals surface area contributed by atoms with Crippen LogP contribution in [-0.4, -0.2) is 11.1 Å². The number of hydrogen-bond acceptors (Lipinski definition) is 3. The van der Waals surface area contributed by atoms with Gasteiger partial charge in [-0.3, -0.25) is 0 Å². The van der Waals surface area contributed by atoms with Gasteiger partial charge < -0.3 is 9.84 Å². The molecule has 0 saturated carbocycles. The Morgan fingerprint density at radius 1 is 1.00 bits per heavy atom. The van der Waals surface area contributed by atoms with Gasteiger partial charge in [-0.2, -0.15) is 0 Å². The average molecular weight is 242 g/mol. The van der Waals surface area contributed by atoms with E-state index in [0.717, 1.165) is 5.56 Å². The minimum Gasteiger partial charge on any atom is -0.457 e. The summed E-state index contributed by atoms with van der Waals surface area (Å²) in [6.45, 7) is 0.169. The van der Waals surface area contributed by atoms with E-state index in [0.29, 0.717) is 11.1 Å². The minimum absolute atomic E-state index is 0.0835. The van der Waals surface area contributed by atoms with Crippen LogP contribution >= 0.6 is 0 Å². The van der Waals surface area contributed by atoms with Crippen LogP contribution in [0.3, 0.4) is 0 Å². The molecule has 0 fully saturated rings. The van der Waals surface area contributed by atoms with E-state index in [-0.39, 0.29) is 19.2 Å². The van der Waals surface area contributed by atoms with Gasteiger partial charge in [0.2, 0.25) is 0 Å². The van der Waals surface area contributed by atoms with E-state index >= 15 is 0 Å². The maximum absolute atomic E-state index is 11.8. The highest BCUT2D eigenvalue weighted by molar-refractivity contribution is 5.89. The van der Waals surface area contributed by atoms with E-state index in [4.69, 9.17) is 9.84 Å². The fourth-order valence-corrected chi connectivity index (χ4v) is 1.60. The number of benzene rings is 2. The minimum atomic E-state index is -0.380. The molecule has 0 heterocycles. The fraction of sp³-hybridized carbons (Fsp3) is 0.133. The highest BCUT2D eigenvalue weighted by Gasteiger charge is 2.07. The zero-order valence-corrected chi connectivity index (χ0v) is 9.87. The summed E-state index contributed by atoms with van der Waals surface area (Å²) in [6, 6.07) is 16.3. The van der Waals surface area contributed by atoms with E-state index in [9.17, 15) is 4.79 Å². The molecule has 3 nitrogen and oxygen atoms in total. The van der Waals surface area contributed by atoms with Crippen LogP contribution in [0.2, 0.25) is 0 Å². The van der Waals surface area contributed by atoms with Crippen molar-refractivity contribution in [3.8, 4) is 0 Å². The Hall–Kier alpha value is -2.13. The number of aliphatic hydroxyl groups excluding tert-OH is 1. The molecule has 0 unspecified atom stereocenters. The van der Waals surface area contributed by atoms with Gasteiger partial charge in [0.05, 0.1) is 12.2 Å². The third-order valence-corrected chi connectivity index (χ3v) is 2.56. The Balaban J connectivity index is 1.99. The molecule has 0 bridgehead atoms. The lowest BCUT2D eigenvalue weighted by Crippen LogP contribution is -2.05. The second-order valence-electron chi connectivity index (χ2n) is 3.92. The predicted molar refractivity (Wildman–Crippen MR) is 67.9 cm³/mol. The summed E-state index contributed by atoms with van der Waals surface area (Å²) in [7, 11) is 0. The number of rotatable bonds is 4. The molecule has 0 spiro atoms. The largest absolute Gasteiger partial charge is 0.457 e. The number of hydrogen-bond donors (Lipinski definition) is 1. The van der Waals surface area contributed by atoms with Gasteiger partial charge in [-0.25, -0.2) is 4.79 Å². The van der Waals surface area contributed by atoms with Crippen LogP contribution in [0.15, 0.2) is 54.6 Å². The van der Waals surface area contributed by atoms with Crippen LogP contribution in [0, 0.1) is 0 Å². The average Bonchev–Trinajstić information content (AvgIpc) is 2.46. The Kier molecular flexibility index (Phi) is 4.10. The lowest BCUT2D eigenvalue weighted by molar-refractivity contribution is 0.0472. The molecule has 0 aliphatic heterocycles. The quantitative estimate of drug-likeness (QED) is 0.838. The standard InChI is InChI=1S/C15H14O3/c16-10-13-7-4-8-14(9-13)15(17)18-11-12-5-2-1-3-6-12/h1-9,16H,10-11H2. The first-order valence-electron chi connectivity index (χ1n) is 5.70. The van der Waals surface area contributed by atoms with E-state index < -0.39 is 0 Å². The molecule has 0 saturated heterocycles. The van der Waals surface area contributed by atoms with Crippen LogP contribution in [0.5, 0.6) is 0 Å². The van der Waals surface area contributed by atoms with Crippen LogP contribution in [0.25, 0.3) is 0 Å². The van der Waals surface area contributed by atoms with Gasteiger partial charge in [-0.1, -0.05) is 42.5 Å². The topological polar surface area (TPSA) is 46.5 Å². The molecule has 92 valence electrons. The molecule has 2 aromatic rings. The van der Waals surface area contributed by atoms with Gasteiger partial charge in [0.15, 0.2) is 0 Å². The summed E-state index contributed by atoms with van der Waals surface area (Å²) in [5.41, 5.74) is 2.10. The second-order valence-corrected chi connectivity index (χ2v) is 3.92. The van der Waals surface area contributed by atoms with E-state index in [1.165, 1.54) is 0 Å². The van der Waals surface area contributed by atoms with Gasteiger partial charge >= 0.3 is 5.97 Å². The summed E-state index contributed by atoms with van der Waals surface area (Å²) >= 11 is 0. The number of esters is 1. The zero-order valence-electron chi connectivity index (χ0n) is 9.87. The van der Waals surface area contributed by atoms with Crippen LogP contribution < -0.4 is 0 Å². The van der Waals surface area contributed by atoms with Crippen LogP contribution in [-0.2, 0) is 18.0 Å². The molecule has 0 aromatic heterocycles. The van der Waals surface area contributed by atoms with Gasteiger partial charge in [0.25, 0.3) is 0 Å². The zero-order chi connectivity index (χ0) is 12.8. The number of aliphatic hydroxyl groups is 1. The molecule has 18 heavy (non-hydrogen) atoms. The van der Waals surface area contributed by atoms with Crippen LogP contribution in [0.1, 0.15) is 21.5 Å². The molecule has 0 atom stereocenters. The summed E-state index contributed by atoms with van der Waals surface area (Å²) in [5.74, 6) is -0.380. The number of carbonyl (C=O) groups excluding carboxylic acids is 1. The summed E-state index contributed by atoms with van der Waals surface area (Å²) in [5, 5.41) is 9.00. The smallest absolute Gasteiger partial charge is 0.338 e. The predicted octanol–water partition coefficient (Wildman–Crippen LogP) is 2.54. The molecule has 0 amide bonds. The van der Waals surface area contributed by atoms with E-state index in [1.54, 1.807) is 24.3 Å². The third kappa shape index (κ3) is 3.18. The van der Waals surface area contributed by atoms with Gasteiger partial charge in [0, 0.05) is 0 Å². The van der Waals surface area contributed by atoms with E-state index in [2.05, 4.69) is 0 Å². The second kappa shape index (κ2) is 5.98. The highest BCUT2D eigenvalue weighted by atomic mass is 16.5. The highest BCUT2D eigenvalue weighted by Crippen LogP contribution is 2.09. The monoisotopic (exact) mass is 242 g/mol. The van der Waals surface area contributed by atoms with Crippen molar-refractivity contribution in [2.75, 3.05) is 0 Å². The number of carbonyl (C=O) groups is 1.